The van der Waals surface area contributed by atoms with E-state index in [1.54, 1.807) is 7.05 Å². The van der Waals surface area contributed by atoms with Gasteiger partial charge in [-0.15, -0.1) is 0 Å². The van der Waals surface area contributed by atoms with E-state index in [0.29, 0.717) is 19.6 Å². The van der Waals surface area contributed by atoms with Crippen LogP contribution in [0, 0.1) is 0 Å². The lowest BCUT2D eigenvalue weighted by atomic mass is 10.2. The summed E-state index contributed by atoms with van der Waals surface area (Å²) < 4.78 is 21.7. The molecule has 8 heteroatoms. The lowest BCUT2D eigenvalue weighted by Crippen LogP contribution is -2.58. The van der Waals surface area contributed by atoms with Crippen molar-refractivity contribution in [2.45, 2.75) is 6.04 Å². The Bertz CT molecular complexity index is 343. The van der Waals surface area contributed by atoms with Gasteiger partial charge in [0.2, 0.25) is 15.9 Å². The molecule has 4 N–H and O–H groups in total. The Labute approximate surface area is 95.4 Å². The monoisotopic (exact) mass is 250 g/mol. The van der Waals surface area contributed by atoms with Crippen molar-refractivity contribution in [2.75, 3.05) is 39.0 Å². The normalized spacial score (nSPS) is 23.0. The number of rotatable bonds is 4. The third kappa shape index (κ3) is 4.05. The van der Waals surface area contributed by atoms with Crippen LogP contribution >= 0.6 is 0 Å². The third-order valence-corrected chi connectivity index (χ3v) is 3.32. The van der Waals surface area contributed by atoms with Crippen LogP contribution < -0.4 is 15.8 Å². The molecule has 0 saturated carbocycles. The van der Waals surface area contributed by atoms with E-state index in [4.69, 9.17) is 5.14 Å². The number of sulfonamides is 1. The highest BCUT2D eigenvalue weighted by molar-refractivity contribution is 7.89. The first-order chi connectivity index (χ1) is 7.44. The molecule has 1 fully saturated rings. The van der Waals surface area contributed by atoms with Crippen molar-refractivity contribution >= 4 is 15.9 Å². The van der Waals surface area contributed by atoms with E-state index >= 15 is 0 Å². The summed E-state index contributed by atoms with van der Waals surface area (Å²) >= 11 is 0. The molecule has 1 saturated heterocycles. The molecule has 1 unspecified atom stereocenters. The highest BCUT2D eigenvalue weighted by Crippen LogP contribution is 2.03. The summed E-state index contributed by atoms with van der Waals surface area (Å²) in [5, 5.41) is 10.6. The fraction of sp³-hybridized carbons (Fsp3) is 0.875. The zero-order chi connectivity index (χ0) is 12.2. The summed E-state index contributed by atoms with van der Waals surface area (Å²) in [5.74, 6) is -0.234. The van der Waals surface area contributed by atoms with Gasteiger partial charge in [-0.1, -0.05) is 0 Å². The van der Waals surface area contributed by atoms with Crippen LogP contribution in [0.3, 0.4) is 0 Å². The average molecular weight is 250 g/mol. The van der Waals surface area contributed by atoms with E-state index in [1.807, 2.05) is 4.90 Å². The summed E-state index contributed by atoms with van der Waals surface area (Å²) in [5.41, 5.74) is 0. The van der Waals surface area contributed by atoms with E-state index in [1.165, 1.54) is 0 Å². The third-order valence-electron chi connectivity index (χ3n) is 2.57. The molecular formula is C8H18N4O3S. The molecule has 1 amide bonds. The average Bonchev–Trinajstić information content (AvgIpc) is 2.25. The molecule has 0 aromatic heterocycles. The van der Waals surface area contributed by atoms with Crippen molar-refractivity contribution in [2.24, 2.45) is 5.14 Å². The number of primary sulfonamides is 1. The van der Waals surface area contributed by atoms with Crippen molar-refractivity contribution < 1.29 is 13.2 Å². The maximum atomic E-state index is 11.5. The zero-order valence-corrected chi connectivity index (χ0v) is 10.1. The molecule has 16 heavy (non-hydrogen) atoms. The minimum Gasteiger partial charge on any atom is -0.358 e. The van der Waals surface area contributed by atoms with Crippen molar-refractivity contribution in [3.8, 4) is 0 Å². The number of nitrogens with zero attached hydrogens (tertiary/aromatic N) is 1. The molecule has 1 aliphatic heterocycles. The van der Waals surface area contributed by atoms with Crippen molar-refractivity contribution in [3.63, 3.8) is 0 Å². The van der Waals surface area contributed by atoms with Crippen LogP contribution in [0.4, 0.5) is 0 Å². The van der Waals surface area contributed by atoms with Gasteiger partial charge in [0.15, 0.2) is 0 Å². The Morgan fingerprint density at radius 2 is 2.31 bits per heavy atom. The van der Waals surface area contributed by atoms with Crippen LogP contribution in [-0.4, -0.2) is 64.2 Å². The van der Waals surface area contributed by atoms with Gasteiger partial charge in [0.1, 0.15) is 6.04 Å². The number of carbonyl (C=O) groups excluding carboxylic acids is 1. The summed E-state index contributed by atoms with van der Waals surface area (Å²) in [6, 6.07) is -0.319. The molecule has 0 aliphatic carbocycles. The second kappa shape index (κ2) is 5.58. The van der Waals surface area contributed by atoms with Gasteiger partial charge >= 0.3 is 0 Å². The maximum Gasteiger partial charge on any atom is 0.238 e. The van der Waals surface area contributed by atoms with E-state index < -0.39 is 10.0 Å². The molecular weight excluding hydrogens is 232 g/mol. The van der Waals surface area contributed by atoms with E-state index in [9.17, 15) is 13.2 Å². The quantitative estimate of drug-likeness (QED) is 0.503. The van der Waals surface area contributed by atoms with Gasteiger partial charge in [-0.05, 0) is 0 Å². The molecule has 0 aromatic carbocycles. The van der Waals surface area contributed by atoms with Crippen LogP contribution in [-0.2, 0) is 14.8 Å². The second-order valence-corrected chi connectivity index (χ2v) is 5.47. The molecule has 1 atom stereocenters. The van der Waals surface area contributed by atoms with Crippen LogP contribution in [0.1, 0.15) is 0 Å². The molecule has 0 bridgehead atoms. The van der Waals surface area contributed by atoms with Crippen LogP contribution in [0.2, 0.25) is 0 Å². The molecule has 7 nitrogen and oxygen atoms in total. The Morgan fingerprint density at radius 1 is 1.62 bits per heavy atom. The van der Waals surface area contributed by atoms with Gasteiger partial charge in [0.25, 0.3) is 0 Å². The predicted octanol–water partition coefficient (Wildman–Crippen LogP) is -2.71. The summed E-state index contributed by atoms with van der Waals surface area (Å²) in [7, 11) is -1.91. The Kier molecular flexibility index (Phi) is 4.66. The van der Waals surface area contributed by atoms with Gasteiger partial charge in [-0.25, -0.2) is 13.6 Å². The van der Waals surface area contributed by atoms with E-state index in [-0.39, 0.29) is 17.7 Å². The van der Waals surface area contributed by atoms with Gasteiger partial charge in [0.05, 0.1) is 5.75 Å². The number of amides is 1. The van der Waals surface area contributed by atoms with Gasteiger partial charge in [0, 0.05) is 33.2 Å². The van der Waals surface area contributed by atoms with Gasteiger partial charge in [-0.2, -0.15) is 0 Å². The van der Waals surface area contributed by atoms with Crippen LogP contribution in [0.15, 0.2) is 0 Å². The Balaban J connectivity index is 2.57. The van der Waals surface area contributed by atoms with Gasteiger partial charge in [-0.3, -0.25) is 9.69 Å². The zero-order valence-electron chi connectivity index (χ0n) is 9.27. The summed E-state index contributed by atoms with van der Waals surface area (Å²) in [4.78, 5) is 13.4. The molecule has 0 radical (unpaired) electrons. The number of likely N-dealkylation sites (N-methyl/N-ethyl adjacent to an activating group) is 1. The molecule has 0 aromatic rings. The van der Waals surface area contributed by atoms with Gasteiger partial charge < -0.3 is 10.6 Å². The maximum absolute atomic E-state index is 11.5. The van der Waals surface area contributed by atoms with E-state index in [0.717, 1.165) is 6.54 Å². The minimum absolute atomic E-state index is 0.110. The highest BCUT2D eigenvalue weighted by atomic mass is 32.2. The van der Waals surface area contributed by atoms with Crippen LogP contribution in [0.5, 0.6) is 0 Å². The molecule has 1 rings (SSSR count). The first-order valence-electron chi connectivity index (χ1n) is 5.11. The first-order valence-corrected chi connectivity index (χ1v) is 6.82. The smallest absolute Gasteiger partial charge is 0.238 e. The first kappa shape index (κ1) is 13.4. The SMILES string of the molecule is CNC(=O)C1CNCCN1CCS(N)(=O)=O. The number of hydrogen-bond donors (Lipinski definition) is 3. The standard InChI is InChI=1S/C8H18N4O3S/c1-10-8(13)7-6-11-2-3-12(7)4-5-16(9,14)15/h7,11H,2-6H2,1H3,(H,10,13)(H2,9,14,15). The fourth-order valence-electron chi connectivity index (χ4n) is 1.68. The number of piperazine rings is 1. The van der Waals surface area contributed by atoms with Crippen molar-refractivity contribution in [1.29, 1.82) is 0 Å². The lowest BCUT2D eigenvalue weighted by Gasteiger charge is -2.34. The van der Waals surface area contributed by atoms with E-state index in [2.05, 4.69) is 10.6 Å². The molecule has 1 heterocycles. The Morgan fingerprint density at radius 3 is 2.88 bits per heavy atom. The van der Waals surface area contributed by atoms with Crippen molar-refractivity contribution in [3.05, 3.63) is 0 Å². The highest BCUT2D eigenvalue weighted by Gasteiger charge is 2.28. The Hall–Kier alpha value is -0.700. The molecule has 94 valence electrons. The number of hydrogen-bond acceptors (Lipinski definition) is 5. The minimum atomic E-state index is -3.47. The number of nitrogens with one attached hydrogen (secondary N) is 2. The van der Waals surface area contributed by atoms with Crippen LogP contribution in [0.25, 0.3) is 0 Å². The largest absolute Gasteiger partial charge is 0.358 e. The number of nitrogens with two attached hydrogens (primary N) is 1. The summed E-state index contributed by atoms with van der Waals surface area (Å²) in [6.07, 6.45) is 0. The fourth-order valence-corrected chi connectivity index (χ4v) is 2.17. The second-order valence-electron chi connectivity index (χ2n) is 3.74. The summed E-state index contributed by atoms with van der Waals surface area (Å²) in [6.45, 7) is 2.22. The molecule has 1 aliphatic rings. The molecule has 0 spiro atoms. The lowest BCUT2D eigenvalue weighted by molar-refractivity contribution is -0.126. The topological polar surface area (TPSA) is 105 Å². The number of carbonyl (C=O) groups is 1. The van der Waals surface area contributed by atoms with Crippen molar-refractivity contribution in [1.82, 2.24) is 15.5 Å². The predicted molar refractivity (Wildman–Crippen MR) is 60.3 cm³/mol.